The van der Waals surface area contributed by atoms with Gasteiger partial charge in [0.1, 0.15) is 0 Å². The van der Waals surface area contributed by atoms with E-state index in [0.717, 1.165) is 12.8 Å². The molecule has 1 unspecified atom stereocenters. The van der Waals surface area contributed by atoms with Crippen molar-refractivity contribution in [3.05, 3.63) is 0 Å². The minimum Gasteiger partial charge on any atom is -0.379 e. The predicted octanol–water partition coefficient (Wildman–Crippen LogP) is -0.688. The molecule has 3 N–H and O–H groups in total. The zero-order chi connectivity index (χ0) is 11.6. The van der Waals surface area contributed by atoms with Crippen LogP contribution in [0.4, 0.5) is 0 Å². The number of ether oxygens (including phenoxy) is 1. The average molecular weight is 286 g/mol. The first-order valence-corrected chi connectivity index (χ1v) is 7.12. The lowest BCUT2D eigenvalue weighted by molar-refractivity contribution is 0.0723. The Kier molecular flexibility index (Phi) is 5.62. The number of nitrogens with zero attached hydrogens (tertiary/aromatic N) is 1. The smallest absolute Gasteiger partial charge is 0.279 e. The molecule has 0 aromatic heterocycles. The molecule has 1 saturated heterocycles. The molecule has 0 spiro atoms. The number of halogens is 1. The van der Waals surface area contributed by atoms with Crippen LogP contribution in [-0.4, -0.2) is 51.6 Å². The van der Waals surface area contributed by atoms with Gasteiger partial charge in [0.15, 0.2) is 0 Å². The molecule has 0 aromatic carbocycles. The zero-order valence-electron chi connectivity index (χ0n) is 9.67. The SMILES string of the molecule is Cl.NCC(NS(=O)(=O)N1CCOCC1)C1CC1. The highest BCUT2D eigenvalue weighted by atomic mass is 35.5. The summed E-state index contributed by atoms with van der Waals surface area (Å²) in [7, 11) is -3.38. The number of hydrogen-bond acceptors (Lipinski definition) is 4. The van der Waals surface area contributed by atoms with E-state index in [4.69, 9.17) is 10.5 Å². The minimum atomic E-state index is -3.38. The van der Waals surface area contributed by atoms with Gasteiger partial charge in [-0.25, -0.2) is 0 Å². The molecule has 8 heteroatoms. The van der Waals surface area contributed by atoms with E-state index >= 15 is 0 Å². The van der Waals surface area contributed by atoms with Gasteiger partial charge in [-0.2, -0.15) is 17.4 Å². The summed E-state index contributed by atoms with van der Waals surface area (Å²) in [4.78, 5) is 0. The van der Waals surface area contributed by atoms with E-state index in [2.05, 4.69) is 4.72 Å². The van der Waals surface area contributed by atoms with E-state index in [1.54, 1.807) is 0 Å². The van der Waals surface area contributed by atoms with Crippen LogP contribution in [0.25, 0.3) is 0 Å². The third kappa shape index (κ3) is 4.04. The molecular weight excluding hydrogens is 266 g/mol. The molecule has 17 heavy (non-hydrogen) atoms. The molecule has 0 bridgehead atoms. The van der Waals surface area contributed by atoms with Gasteiger partial charge in [-0.05, 0) is 18.8 Å². The summed E-state index contributed by atoms with van der Waals surface area (Å²) in [6.45, 7) is 2.16. The van der Waals surface area contributed by atoms with E-state index in [1.807, 2.05) is 0 Å². The normalized spacial score (nSPS) is 24.1. The predicted molar refractivity (Wildman–Crippen MR) is 67.3 cm³/mol. The van der Waals surface area contributed by atoms with Crippen molar-refractivity contribution in [1.82, 2.24) is 9.03 Å². The molecule has 0 aromatic rings. The fraction of sp³-hybridized carbons (Fsp3) is 1.00. The van der Waals surface area contributed by atoms with Crippen molar-refractivity contribution in [1.29, 1.82) is 0 Å². The van der Waals surface area contributed by atoms with Gasteiger partial charge < -0.3 is 10.5 Å². The van der Waals surface area contributed by atoms with Crippen molar-refractivity contribution in [3.63, 3.8) is 0 Å². The zero-order valence-corrected chi connectivity index (χ0v) is 11.3. The molecule has 1 heterocycles. The van der Waals surface area contributed by atoms with Gasteiger partial charge in [-0.1, -0.05) is 0 Å². The lowest BCUT2D eigenvalue weighted by atomic mass is 10.2. The standard InChI is InChI=1S/C9H19N3O3S.ClH/c10-7-9(8-1-2-8)11-16(13,14)12-3-5-15-6-4-12;/h8-9,11H,1-7,10H2;1H. The number of morpholine rings is 1. The Labute approximate surface area is 108 Å². The lowest BCUT2D eigenvalue weighted by Crippen LogP contribution is -2.51. The number of hydrogen-bond donors (Lipinski definition) is 2. The first-order valence-electron chi connectivity index (χ1n) is 5.68. The van der Waals surface area contributed by atoms with Crippen molar-refractivity contribution in [2.45, 2.75) is 18.9 Å². The largest absolute Gasteiger partial charge is 0.379 e. The molecule has 1 aliphatic heterocycles. The molecule has 6 nitrogen and oxygen atoms in total. The van der Waals surface area contributed by atoms with Gasteiger partial charge in [0.05, 0.1) is 13.2 Å². The van der Waals surface area contributed by atoms with Crippen LogP contribution in [-0.2, 0) is 14.9 Å². The van der Waals surface area contributed by atoms with Gasteiger partial charge >= 0.3 is 0 Å². The Morgan fingerprint density at radius 1 is 1.35 bits per heavy atom. The molecule has 2 rings (SSSR count). The van der Waals surface area contributed by atoms with E-state index in [0.29, 0.717) is 38.8 Å². The van der Waals surface area contributed by atoms with Crippen molar-refractivity contribution in [3.8, 4) is 0 Å². The Morgan fingerprint density at radius 2 is 1.94 bits per heavy atom. The van der Waals surface area contributed by atoms with Crippen LogP contribution in [0.2, 0.25) is 0 Å². The van der Waals surface area contributed by atoms with Crippen LogP contribution in [0.15, 0.2) is 0 Å². The van der Waals surface area contributed by atoms with Crippen molar-refractivity contribution in [2.75, 3.05) is 32.8 Å². The van der Waals surface area contributed by atoms with Crippen LogP contribution in [0.3, 0.4) is 0 Å². The summed E-state index contributed by atoms with van der Waals surface area (Å²) in [5.41, 5.74) is 5.58. The maximum atomic E-state index is 12.0. The Bertz CT molecular complexity index is 328. The monoisotopic (exact) mass is 285 g/mol. The van der Waals surface area contributed by atoms with Gasteiger partial charge in [-0.3, -0.25) is 0 Å². The number of rotatable bonds is 5. The summed E-state index contributed by atoms with van der Waals surface area (Å²) >= 11 is 0. The molecule has 2 fully saturated rings. The molecule has 2 aliphatic rings. The van der Waals surface area contributed by atoms with Gasteiger partial charge in [0.2, 0.25) is 0 Å². The minimum absolute atomic E-state index is 0. The molecule has 1 aliphatic carbocycles. The molecule has 0 radical (unpaired) electrons. The molecule has 102 valence electrons. The van der Waals surface area contributed by atoms with E-state index in [-0.39, 0.29) is 18.4 Å². The van der Waals surface area contributed by atoms with Crippen molar-refractivity contribution < 1.29 is 13.2 Å². The van der Waals surface area contributed by atoms with Crippen LogP contribution >= 0.6 is 12.4 Å². The Morgan fingerprint density at radius 3 is 2.41 bits per heavy atom. The molecule has 1 saturated carbocycles. The quantitative estimate of drug-likeness (QED) is 0.700. The number of nitrogens with one attached hydrogen (secondary N) is 1. The topological polar surface area (TPSA) is 84.7 Å². The first-order chi connectivity index (χ1) is 7.63. The summed E-state index contributed by atoms with van der Waals surface area (Å²) < 4.78 is 33.2. The first kappa shape index (κ1) is 15.1. The highest BCUT2D eigenvalue weighted by Crippen LogP contribution is 2.32. The van der Waals surface area contributed by atoms with Gasteiger partial charge in [0.25, 0.3) is 10.2 Å². The van der Waals surface area contributed by atoms with E-state index < -0.39 is 10.2 Å². The number of nitrogens with two attached hydrogens (primary N) is 1. The third-order valence-electron chi connectivity index (χ3n) is 3.06. The maximum Gasteiger partial charge on any atom is 0.279 e. The second-order valence-corrected chi connectivity index (χ2v) is 6.02. The summed E-state index contributed by atoms with van der Waals surface area (Å²) in [5.74, 6) is 0.431. The van der Waals surface area contributed by atoms with Crippen LogP contribution in [0.1, 0.15) is 12.8 Å². The second kappa shape index (κ2) is 6.31. The van der Waals surface area contributed by atoms with Crippen LogP contribution < -0.4 is 10.5 Å². The van der Waals surface area contributed by atoms with Crippen LogP contribution in [0.5, 0.6) is 0 Å². The highest BCUT2D eigenvalue weighted by Gasteiger charge is 2.35. The highest BCUT2D eigenvalue weighted by molar-refractivity contribution is 7.87. The van der Waals surface area contributed by atoms with Gasteiger partial charge in [0, 0.05) is 25.7 Å². The fourth-order valence-electron chi connectivity index (χ4n) is 1.89. The summed E-state index contributed by atoms with van der Waals surface area (Å²) in [6, 6.07) is -0.104. The van der Waals surface area contributed by atoms with Crippen LogP contribution in [0, 0.1) is 5.92 Å². The van der Waals surface area contributed by atoms with Crippen molar-refractivity contribution in [2.24, 2.45) is 11.7 Å². The molecule has 0 amide bonds. The third-order valence-corrected chi connectivity index (χ3v) is 4.70. The summed E-state index contributed by atoms with van der Waals surface area (Å²) in [6.07, 6.45) is 2.15. The van der Waals surface area contributed by atoms with E-state index in [9.17, 15) is 8.42 Å². The molecule has 1 atom stereocenters. The van der Waals surface area contributed by atoms with Gasteiger partial charge in [-0.15, -0.1) is 12.4 Å². The fourth-order valence-corrected chi connectivity index (χ4v) is 3.34. The van der Waals surface area contributed by atoms with Crippen molar-refractivity contribution >= 4 is 22.6 Å². The average Bonchev–Trinajstić information content (AvgIpc) is 3.11. The van der Waals surface area contributed by atoms with E-state index in [1.165, 1.54) is 4.31 Å². The summed E-state index contributed by atoms with van der Waals surface area (Å²) in [5, 5.41) is 0. The maximum absolute atomic E-state index is 12.0. The molecular formula is C9H20ClN3O3S. The lowest BCUT2D eigenvalue weighted by Gasteiger charge is -2.28. The Hall–Kier alpha value is 0.0800. The Balaban J connectivity index is 0.00000144. The second-order valence-electron chi connectivity index (χ2n) is 4.31.